The first-order chi connectivity index (χ1) is 10.1. The van der Waals surface area contributed by atoms with Crippen molar-refractivity contribution in [2.75, 3.05) is 17.2 Å². The number of hydrogen-bond donors (Lipinski definition) is 2. The summed E-state index contributed by atoms with van der Waals surface area (Å²) in [5.41, 5.74) is 4.55. The van der Waals surface area contributed by atoms with E-state index in [0.29, 0.717) is 5.56 Å². The highest BCUT2D eigenvalue weighted by molar-refractivity contribution is 6.05. The Morgan fingerprint density at radius 1 is 1.14 bits per heavy atom. The van der Waals surface area contributed by atoms with Crippen LogP contribution in [0.25, 0.3) is 0 Å². The van der Waals surface area contributed by atoms with E-state index in [2.05, 4.69) is 22.5 Å². The average molecular weight is 283 g/mol. The van der Waals surface area contributed by atoms with Crippen LogP contribution in [0, 0.1) is 13.8 Å². The molecule has 0 aliphatic carbocycles. The van der Waals surface area contributed by atoms with Gasteiger partial charge in [0.05, 0.1) is 0 Å². The van der Waals surface area contributed by atoms with E-state index in [-0.39, 0.29) is 5.91 Å². The molecule has 4 nitrogen and oxygen atoms in total. The Morgan fingerprint density at radius 2 is 1.95 bits per heavy atom. The molecular formula is C17H21N3O. The molecule has 0 aliphatic heterocycles. The molecule has 110 valence electrons. The van der Waals surface area contributed by atoms with E-state index in [1.54, 1.807) is 18.5 Å². The zero-order valence-corrected chi connectivity index (χ0v) is 12.7. The van der Waals surface area contributed by atoms with Gasteiger partial charge in [0.1, 0.15) is 0 Å². The summed E-state index contributed by atoms with van der Waals surface area (Å²) in [5.74, 6) is -0.102. The third-order valence-electron chi connectivity index (χ3n) is 3.32. The number of nitrogens with one attached hydrogen (secondary N) is 2. The molecular weight excluding hydrogens is 262 g/mol. The fourth-order valence-corrected chi connectivity index (χ4v) is 2.07. The molecule has 0 saturated carbocycles. The molecule has 0 spiro atoms. The van der Waals surface area contributed by atoms with Gasteiger partial charge in [0.2, 0.25) is 0 Å². The van der Waals surface area contributed by atoms with Crippen molar-refractivity contribution in [2.45, 2.75) is 27.2 Å². The van der Waals surface area contributed by atoms with Gasteiger partial charge in [0.15, 0.2) is 0 Å². The summed E-state index contributed by atoms with van der Waals surface area (Å²) in [6.45, 7) is 6.99. The molecule has 1 heterocycles. The number of nitrogens with zero attached hydrogens (tertiary/aromatic N) is 1. The summed E-state index contributed by atoms with van der Waals surface area (Å²) in [6.07, 6.45) is 4.48. The number of aromatic nitrogens is 1. The summed E-state index contributed by atoms with van der Waals surface area (Å²) in [6, 6.07) is 7.51. The highest BCUT2D eigenvalue weighted by Crippen LogP contribution is 2.18. The number of benzene rings is 1. The van der Waals surface area contributed by atoms with Crippen molar-refractivity contribution >= 4 is 17.3 Å². The lowest BCUT2D eigenvalue weighted by atomic mass is 10.1. The normalized spacial score (nSPS) is 10.2. The standard InChI is InChI=1S/C17H21N3O/c1-4-8-19-15-6-5-14(10-12(15)2)17(21)20-16-7-9-18-11-13(16)3/h5-7,9-11,19H,4,8H2,1-3H3,(H,18,20,21). The van der Waals surface area contributed by atoms with Gasteiger partial charge in [-0.1, -0.05) is 6.92 Å². The van der Waals surface area contributed by atoms with Crippen LogP contribution >= 0.6 is 0 Å². The lowest BCUT2D eigenvalue weighted by Crippen LogP contribution is -2.13. The second-order valence-corrected chi connectivity index (χ2v) is 5.10. The molecule has 2 N–H and O–H groups in total. The molecule has 2 aromatic rings. The molecule has 0 atom stereocenters. The number of pyridine rings is 1. The van der Waals surface area contributed by atoms with Crippen LogP contribution in [-0.4, -0.2) is 17.4 Å². The first-order valence-corrected chi connectivity index (χ1v) is 7.18. The Labute approximate surface area is 125 Å². The van der Waals surface area contributed by atoms with Crippen molar-refractivity contribution in [2.24, 2.45) is 0 Å². The molecule has 4 heteroatoms. The van der Waals surface area contributed by atoms with Crippen LogP contribution in [0.5, 0.6) is 0 Å². The Kier molecular flexibility index (Phi) is 4.93. The number of aryl methyl sites for hydroxylation is 2. The summed E-state index contributed by atoms with van der Waals surface area (Å²) >= 11 is 0. The molecule has 21 heavy (non-hydrogen) atoms. The number of hydrogen-bond acceptors (Lipinski definition) is 3. The van der Waals surface area contributed by atoms with E-state index >= 15 is 0 Å². The topological polar surface area (TPSA) is 54.0 Å². The lowest BCUT2D eigenvalue weighted by Gasteiger charge is -2.11. The largest absolute Gasteiger partial charge is 0.385 e. The maximum absolute atomic E-state index is 12.3. The number of carbonyl (C=O) groups excluding carboxylic acids is 1. The molecule has 0 fully saturated rings. The quantitative estimate of drug-likeness (QED) is 0.878. The van der Waals surface area contributed by atoms with Gasteiger partial charge in [0.25, 0.3) is 5.91 Å². The number of amides is 1. The molecule has 0 radical (unpaired) electrons. The van der Waals surface area contributed by atoms with Crippen LogP contribution in [0.2, 0.25) is 0 Å². The fraction of sp³-hybridized carbons (Fsp3) is 0.294. The SMILES string of the molecule is CCCNc1ccc(C(=O)Nc2ccncc2C)cc1C. The molecule has 1 aromatic heterocycles. The van der Waals surface area contributed by atoms with Gasteiger partial charge in [-0.15, -0.1) is 0 Å². The first kappa shape index (κ1) is 15.0. The van der Waals surface area contributed by atoms with Crippen molar-refractivity contribution in [3.05, 3.63) is 53.3 Å². The second-order valence-electron chi connectivity index (χ2n) is 5.10. The summed E-state index contributed by atoms with van der Waals surface area (Å²) in [4.78, 5) is 16.3. The molecule has 0 unspecified atom stereocenters. The smallest absolute Gasteiger partial charge is 0.255 e. The zero-order chi connectivity index (χ0) is 15.2. The Bertz CT molecular complexity index is 638. The number of anilines is 2. The highest BCUT2D eigenvalue weighted by Gasteiger charge is 2.09. The molecule has 0 saturated heterocycles. The first-order valence-electron chi connectivity index (χ1n) is 7.18. The third kappa shape index (κ3) is 3.81. The van der Waals surface area contributed by atoms with E-state index < -0.39 is 0 Å². The average Bonchev–Trinajstić information content (AvgIpc) is 2.48. The minimum Gasteiger partial charge on any atom is -0.385 e. The van der Waals surface area contributed by atoms with Gasteiger partial charge < -0.3 is 10.6 Å². The van der Waals surface area contributed by atoms with Crippen molar-refractivity contribution in [3.8, 4) is 0 Å². The Hall–Kier alpha value is -2.36. The van der Waals surface area contributed by atoms with Gasteiger partial charge in [-0.2, -0.15) is 0 Å². The monoisotopic (exact) mass is 283 g/mol. The van der Waals surface area contributed by atoms with Crippen LogP contribution in [0.3, 0.4) is 0 Å². The van der Waals surface area contributed by atoms with Crippen molar-refractivity contribution < 1.29 is 4.79 Å². The van der Waals surface area contributed by atoms with Crippen LogP contribution in [0.15, 0.2) is 36.7 Å². The molecule has 2 rings (SSSR count). The van der Waals surface area contributed by atoms with Gasteiger partial charge in [-0.05, 0) is 55.7 Å². The Balaban J connectivity index is 2.13. The van der Waals surface area contributed by atoms with E-state index in [4.69, 9.17) is 0 Å². The van der Waals surface area contributed by atoms with Crippen molar-refractivity contribution in [3.63, 3.8) is 0 Å². The van der Waals surface area contributed by atoms with Gasteiger partial charge in [0, 0.05) is 35.9 Å². The van der Waals surface area contributed by atoms with Crippen LogP contribution in [-0.2, 0) is 0 Å². The predicted octanol–water partition coefficient (Wildman–Crippen LogP) is 3.77. The van der Waals surface area contributed by atoms with Crippen LogP contribution < -0.4 is 10.6 Å². The van der Waals surface area contributed by atoms with Crippen molar-refractivity contribution in [1.29, 1.82) is 0 Å². The van der Waals surface area contributed by atoms with E-state index in [1.165, 1.54) is 0 Å². The second kappa shape index (κ2) is 6.88. The maximum Gasteiger partial charge on any atom is 0.255 e. The van der Waals surface area contributed by atoms with Gasteiger partial charge >= 0.3 is 0 Å². The van der Waals surface area contributed by atoms with Crippen LogP contribution in [0.4, 0.5) is 11.4 Å². The van der Waals surface area contributed by atoms with Crippen LogP contribution in [0.1, 0.15) is 34.8 Å². The van der Waals surface area contributed by atoms with Crippen molar-refractivity contribution in [1.82, 2.24) is 4.98 Å². The predicted molar refractivity (Wildman–Crippen MR) is 86.9 cm³/mol. The minimum absolute atomic E-state index is 0.102. The summed E-state index contributed by atoms with van der Waals surface area (Å²) in [7, 11) is 0. The zero-order valence-electron chi connectivity index (χ0n) is 12.7. The van der Waals surface area contributed by atoms with Gasteiger partial charge in [-0.3, -0.25) is 9.78 Å². The fourth-order valence-electron chi connectivity index (χ4n) is 2.07. The summed E-state index contributed by atoms with van der Waals surface area (Å²) < 4.78 is 0. The summed E-state index contributed by atoms with van der Waals surface area (Å²) in [5, 5.41) is 6.26. The molecule has 1 aromatic carbocycles. The number of rotatable bonds is 5. The van der Waals surface area contributed by atoms with E-state index in [1.807, 2.05) is 32.0 Å². The minimum atomic E-state index is -0.102. The maximum atomic E-state index is 12.3. The molecule has 0 aliphatic rings. The lowest BCUT2D eigenvalue weighted by molar-refractivity contribution is 0.102. The van der Waals surface area contributed by atoms with Gasteiger partial charge in [-0.25, -0.2) is 0 Å². The highest BCUT2D eigenvalue weighted by atomic mass is 16.1. The Morgan fingerprint density at radius 3 is 2.62 bits per heavy atom. The molecule has 1 amide bonds. The van der Waals surface area contributed by atoms with E-state index in [9.17, 15) is 4.79 Å². The number of carbonyl (C=O) groups is 1. The molecule has 0 bridgehead atoms. The van der Waals surface area contributed by atoms with E-state index in [0.717, 1.165) is 35.5 Å². The third-order valence-corrected chi connectivity index (χ3v) is 3.32.